The molecule has 0 aliphatic heterocycles. The Morgan fingerprint density at radius 1 is 1.40 bits per heavy atom. The predicted octanol–water partition coefficient (Wildman–Crippen LogP) is 0.944. The molecule has 4 nitrogen and oxygen atoms in total. The standard InChI is InChI=1S/C11H22N4/c1-4-14(5-2)8-9-15-7-6-13-11(15)10-12-3/h6-7,12H,4-5,8-10H2,1-3H3. The second-order valence-corrected chi connectivity index (χ2v) is 3.59. The van der Waals surface area contributed by atoms with Crippen molar-refractivity contribution in [2.75, 3.05) is 26.7 Å². The summed E-state index contributed by atoms with van der Waals surface area (Å²) in [6, 6.07) is 0. The highest BCUT2D eigenvalue weighted by atomic mass is 15.2. The van der Waals surface area contributed by atoms with Gasteiger partial charge in [-0.15, -0.1) is 0 Å². The van der Waals surface area contributed by atoms with Crippen LogP contribution in [0.25, 0.3) is 0 Å². The van der Waals surface area contributed by atoms with E-state index < -0.39 is 0 Å². The Kier molecular flexibility index (Phi) is 5.36. The summed E-state index contributed by atoms with van der Waals surface area (Å²) in [6.07, 6.45) is 3.92. The van der Waals surface area contributed by atoms with E-state index in [1.54, 1.807) is 0 Å². The minimum Gasteiger partial charge on any atom is -0.333 e. The predicted molar refractivity (Wildman–Crippen MR) is 62.8 cm³/mol. The lowest BCUT2D eigenvalue weighted by Crippen LogP contribution is -2.27. The van der Waals surface area contributed by atoms with Crippen LogP contribution in [0.5, 0.6) is 0 Å². The van der Waals surface area contributed by atoms with Crippen LogP contribution in [0.1, 0.15) is 19.7 Å². The van der Waals surface area contributed by atoms with Crippen LogP contribution < -0.4 is 5.32 Å². The van der Waals surface area contributed by atoms with Crippen molar-refractivity contribution in [3.63, 3.8) is 0 Å². The third kappa shape index (κ3) is 3.64. The third-order valence-electron chi connectivity index (χ3n) is 2.69. The zero-order chi connectivity index (χ0) is 11.1. The molecule has 0 bridgehead atoms. The number of imidazole rings is 1. The van der Waals surface area contributed by atoms with E-state index in [4.69, 9.17) is 0 Å². The summed E-state index contributed by atoms with van der Waals surface area (Å²) in [5.41, 5.74) is 0. The summed E-state index contributed by atoms with van der Waals surface area (Å²) in [5.74, 6) is 1.12. The second-order valence-electron chi connectivity index (χ2n) is 3.59. The van der Waals surface area contributed by atoms with E-state index in [9.17, 15) is 0 Å². The Labute approximate surface area is 92.3 Å². The van der Waals surface area contributed by atoms with Gasteiger partial charge in [-0.1, -0.05) is 13.8 Å². The number of rotatable bonds is 7. The fourth-order valence-electron chi connectivity index (χ4n) is 1.66. The zero-order valence-electron chi connectivity index (χ0n) is 10.0. The molecule has 0 saturated heterocycles. The molecule has 0 aromatic carbocycles. The van der Waals surface area contributed by atoms with Gasteiger partial charge in [0.15, 0.2) is 0 Å². The van der Waals surface area contributed by atoms with Crippen molar-refractivity contribution in [1.29, 1.82) is 0 Å². The number of aromatic nitrogens is 2. The van der Waals surface area contributed by atoms with Crippen LogP contribution in [-0.2, 0) is 13.1 Å². The van der Waals surface area contributed by atoms with Crippen molar-refractivity contribution in [3.8, 4) is 0 Å². The van der Waals surface area contributed by atoms with Gasteiger partial charge in [0.1, 0.15) is 5.82 Å². The van der Waals surface area contributed by atoms with E-state index in [1.165, 1.54) is 0 Å². The number of nitrogens with zero attached hydrogens (tertiary/aromatic N) is 3. The van der Waals surface area contributed by atoms with Gasteiger partial charge in [-0.25, -0.2) is 4.98 Å². The molecule has 0 amide bonds. The van der Waals surface area contributed by atoms with E-state index >= 15 is 0 Å². The molecule has 0 atom stereocenters. The van der Waals surface area contributed by atoms with Crippen molar-refractivity contribution in [1.82, 2.24) is 19.8 Å². The largest absolute Gasteiger partial charge is 0.333 e. The molecule has 1 heterocycles. The zero-order valence-corrected chi connectivity index (χ0v) is 10.0. The maximum absolute atomic E-state index is 4.32. The first-order valence-corrected chi connectivity index (χ1v) is 5.68. The Balaban J connectivity index is 2.45. The number of hydrogen-bond donors (Lipinski definition) is 1. The molecule has 0 spiro atoms. The Bertz CT molecular complexity index is 265. The van der Waals surface area contributed by atoms with Gasteiger partial charge in [-0.05, 0) is 20.1 Å². The quantitative estimate of drug-likeness (QED) is 0.727. The van der Waals surface area contributed by atoms with Gasteiger partial charge in [0.2, 0.25) is 0 Å². The number of likely N-dealkylation sites (N-methyl/N-ethyl adjacent to an activating group) is 1. The first kappa shape index (κ1) is 12.2. The maximum Gasteiger partial charge on any atom is 0.122 e. The normalized spacial score (nSPS) is 11.2. The first-order valence-electron chi connectivity index (χ1n) is 5.68. The first-order chi connectivity index (χ1) is 7.31. The van der Waals surface area contributed by atoms with Crippen LogP contribution in [0.3, 0.4) is 0 Å². The summed E-state index contributed by atoms with van der Waals surface area (Å²) in [4.78, 5) is 6.74. The van der Waals surface area contributed by atoms with Crippen LogP contribution in [0.15, 0.2) is 12.4 Å². The summed E-state index contributed by atoms with van der Waals surface area (Å²) < 4.78 is 2.22. The molecule has 1 rings (SSSR count). The molecule has 1 aromatic rings. The van der Waals surface area contributed by atoms with E-state index in [1.807, 2.05) is 13.2 Å². The third-order valence-corrected chi connectivity index (χ3v) is 2.69. The lowest BCUT2D eigenvalue weighted by atomic mass is 10.4. The molecule has 1 N–H and O–H groups in total. The molecular formula is C11H22N4. The van der Waals surface area contributed by atoms with Crippen LogP contribution >= 0.6 is 0 Å². The van der Waals surface area contributed by atoms with Gasteiger partial charge >= 0.3 is 0 Å². The van der Waals surface area contributed by atoms with Gasteiger partial charge in [-0.2, -0.15) is 0 Å². The molecule has 1 aromatic heterocycles. The van der Waals surface area contributed by atoms with Gasteiger partial charge in [-0.3, -0.25) is 0 Å². The Morgan fingerprint density at radius 2 is 2.13 bits per heavy atom. The van der Waals surface area contributed by atoms with Crippen molar-refractivity contribution < 1.29 is 0 Å². The fourth-order valence-corrected chi connectivity index (χ4v) is 1.66. The fraction of sp³-hybridized carbons (Fsp3) is 0.727. The Morgan fingerprint density at radius 3 is 2.73 bits per heavy atom. The lowest BCUT2D eigenvalue weighted by Gasteiger charge is -2.18. The summed E-state index contributed by atoms with van der Waals surface area (Å²) in [7, 11) is 1.95. The number of hydrogen-bond acceptors (Lipinski definition) is 3. The molecule has 0 fully saturated rings. The van der Waals surface area contributed by atoms with Gasteiger partial charge in [0, 0.05) is 25.5 Å². The highest BCUT2D eigenvalue weighted by Gasteiger charge is 2.03. The molecule has 86 valence electrons. The molecule has 0 radical (unpaired) electrons. The topological polar surface area (TPSA) is 33.1 Å². The number of nitrogens with one attached hydrogen (secondary N) is 1. The minimum atomic E-state index is 0.839. The Hall–Kier alpha value is -0.870. The smallest absolute Gasteiger partial charge is 0.122 e. The summed E-state index contributed by atoms with van der Waals surface area (Å²) in [5, 5.41) is 3.13. The van der Waals surface area contributed by atoms with Gasteiger partial charge in [0.05, 0.1) is 6.54 Å². The average molecular weight is 210 g/mol. The van der Waals surface area contributed by atoms with E-state index in [-0.39, 0.29) is 0 Å². The van der Waals surface area contributed by atoms with Crippen LogP contribution in [0, 0.1) is 0 Å². The van der Waals surface area contributed by atoms with Crippen LogP contribution in [-0.4, -0.2) is 41.1 Å². The van der Waals surface area contributed by atoms with Crippen molar-refractivity contribution >= 4 is 0 Å². The van der Waals surface area contributed by atoms with Crippen molar-refractivity contribution in [2.45, 2.75) is 26.9 Å². The lowest BCUT2D eigenvalue weighted by molar-refractivity contribution is 0.289. The van der Waals surface area contributed by atoms with E-state index in [2.05, 4.69) is 39.8 Å². The minimum absolute atomic E-state index is 0.839. The molecule has 4 heteroatoms. The monoisotopic (exact) mass is 210 g/mol. The van der Waals surface area contributed by atoms with Crippen molar-refractivity contribution in [3.05, 3.63) is 18.2 Å². The molecule has 0 aliphatic rings. The highest BCUT2D eigenvalue weighted by Crippen LogP contribution is 1.98. The average Bonchev–Trinajstić information content (AvgIpc) is 2.68. The van der Waals surface area contributed by atoms with Crippen LogP contribution in [0.2, 0.25) is 0 Å². The molecular weight excluding hydrogens is 188 g/mol. The molecule has 0 unspecified atom stereocenters. The van der Waals surface area contributed by atoms with E-state index in [0.717, 1.165) is 38.5 Å². The summed E-state index contributed by atoms with van der Waals surface area (Å²) in [6.45, 7) is 9.60. The van der Waals surface area contributed by atoms with Crippen molar-refractivity contribution in [2.24, 2.45) is 0 Å². The van der Waals surface area contributed by atoms with Gasteiger partial charge < -0.3 is 14.8 Å². The summed E-state index contributed by atoms with van der Waals surface area (Å²) >= 11 is 0. The maximum atomic E-state index is 4.32. The highest BCUT2D eigenvalue weighted by molar-refractivity contribution is 4.91. The van der Waals surface area contributed by atoms with E-state index in [0.29, 0.717) is 0 Å². The molecule has 0 aliphatic carbocycles. The molecule has 0 saturated carbocycles. The van der Waals surface area contributed by atoms with Crippen LogP contribution in [0.4, 0.5) is 0 Å². The SMILES string of the molecule is CCN(CC)CCn1ccnc1CNC. The van der Waals surface area contributed by atoms with Gasteiger partial charge in [0.25, 0.3) is 0 Å². The second kappa shape index (κ2) is 6.58. The molecule has 15 heavy (non-hydrogen) atoms.